The second kappa shape index (κ2) is 6.04. The Morgan fingerprint density at radius 3 is 2.35 bits per heavy atom. The van der Waals surface area contributed by atoms with Crippen LogP contribution in [0.5, 0.6) is 0 Å². The first kappa shape index (κ1) is 16.8. The Morgan fingerprint density at radius 2 is 1.85 bits per heavy atom. The molecule has 0 aliphatic heterocycles. The van der Waals surface area contributed by atoms with E-state index < -0.39 is 11.7 Å². The van der Waals surface area contributed by atoms with Gasteiger partial charge in [-0.25, -0.2) is 0 Å². The SMILES string of the molecule is Cl.N=C(N)CC1(c2cccc(C(F)(F)F)c2)CCCC1. The molecule has 1 aromatic carbocycles. The molecule has 0 bridgehead atoms. The van der Waals surface area contributed by atoms with Gasteiger partial charge in [-0.1, -0.05) is 31.0 Å². The topological polar surface area (TPSA) is 49.9 Å². The Labute approximate surface area is 122 Å². The molecule has 0 atom stereocenters. The second-order valence-electron chi connectivity index (χ2n) is 5.27. The van der Waals surface area contributed by atoms with Gasteiger partial charge in [0.05, 0.1) is 11.4 Å². The normalized spacial score (nSPS) is 17.6. The van der Waals surface area contributed by atoms with Crippen molar-refractivity contribution in [1.29, 1.82) is 5.41 Å². The van der Waals surface area contributed by atoms with Gasteiger partial charge in [-0.05, 0) is 24.5 Å². The second-order valence-corrected chi connectivity index (χ2v) is 5.27. The summed E-state index contributed by atoms with van der Waals surface area (Å²) in [6, 6.07) is 5.47. The van der Waals surface area contributed by atoms with Crippen LogP contribution in [0.25, 0.3) is 0 Å². The highest BCUT2D eigenvalue weighted by Crippen LogP contribution is 2.45. The first-order valence-electron chi connectivity index (χ1n) is 6.34. The summed E-state index contributed by atoms with van der Waals surface area (Å²) in [5.41, 5.74) is 5.13. The molecule has 0 saturated heterocycles. The summed E-state index contributed by atoms with van der Waals surface area (Å²) in [7, 11) is 0. The predicted molar refractivity (Wildman–Crippen MR) is 75.4 cm³/mol. The number of hydrogen-bond donors (Lipinski definition) is 2. The van der Waals surface area contributed by atoms with Gasteiger partial charge in [0.1, 0.15) is 0 Å². The number of amidine groups is 1. The monoisotopic (exact) mass is 306 g/mol. The van der Waals surface area contributed by atoms with E-state index >= 15 is 0 Å². The van der Waals surface area contributed by atoms with Crippen LogP contribution in [0, 0.1) is 5.41 Å². The standard InChI is InChI=1S/C14H17F3N2.ClH/c15-14(16,17)11-5-3-4-10(8-11)13(9-12(18)19)6-1-2-7-13;/h3-5,8H,1-2,6-7,9H2,(H3,18,19);1H. The van der Waals surface area contributed by atoms with Gasteiger partial charge in [0.2, 0.25) is 0 Å². The van der Waals surface area contributed by atoms with E-state index in [2.05, 4.69) is 0 Å². The van der Waals surface area contributed by atoms with E-state index in [-0.39, 0.29) is 23.7 Å². The average molecular weight is 307 g/mol. The Morgan fingerprint density at radius 1 is 1.25 bits per heavy atom. The third-order valence-corrected chi connectivity index (χ3v) is 3.89. The average Bonchev–Trinajstić information content (AvgIpc) is 2.77. The van der Waals surface area contributed by atoms with Crippen molar-refractivity contribution in [3.63, 3.8) is 0 Å². The van der Waals surface area contributed by atoms with Crippen molar-refractivity contribution < 1.29 is 13.2 Å². The molecule has 2 nitrogen and oxygen atoms in total. The lowest BCUT2D eigenvalue weighted by Gasteiger charge is -2.29. The molecule has 6 heteroatoms. The molecule has 20 heavy (non-hydrogen) atoms. The molecule has 3 N–H and O–H groups in total. The van der Waals surface area contributed by atoms with Crippen molar-refractivity contribution in [3.05, 3.63) is 35.4 Å². The maximum absolute atomic E-state index is 12.8. The fraction of sp³-hybridized carbons (Fsp3) is 0.500. The van der Waals surface area contributed by atoms with Crippen molar-refractivity contribution in [3.8, 4) is 0 Å². The maximum Gasteiger partial charge on any atom is 0.416 e. The zero-order chi connectivity index (χ0) is 14.1. The molecule has 0 amide bonds. The molecule has 1 aliphatic rings. The molecule has 2 rings (SSSR count). The van der Waals surface area contributed by atoms with Crippen LogP contribution < -0.4 is 5.73 Å². The molecule has 1 aliphatic carbocycles. The minimum atomic E-state index is -4.33. The van der Waals surface area contributed by atoms with Crippen molar-refractivity contribution in [2.75, 3.05) is 0 Å². The van der Waals surface area contributed by atoms with E-state index in [1.54, 1.807) is 6.07 Å². The van der Waals surface area contributed by atoms with E-state index in [4.69, 9.17) is 11.1 Å². The molecule has 0 radical (unpaired) electrons. The Hall–Kier alpha value is -1.23. The highest BCUT2D eigenvalue weighted by atomic mass is 35.5. The van der Waals surface area contributed by atoms with Gasteiger partial charge in [0.25, 0.3) is 0 Å². The summed E-state index contributed by atoms with van der Waals surface area (Å²) in [6.07, 6.45) is -0.435. The molecule has 0 heterocycles. The zero-order valence-electron chi connectivity index (χ0n) is 11.0. The summed E-state index contributed by atoms with van der Waals surface area (Å²) in [5, 5.41) is 7.47. The zero-order valence-corrected chi connectivity index (χ0v) is 11.8. The molecular formula is C14H18ClF3N2. The van der Waals surface area contributed by atoms with Crippen LogP contribution >= 0.6 is 12.4 Å². The van der Waals surface area contributed by atoms with Crippen LogP contribution in [-0.4, -0.2) is 5.84 Å². The fourth-order valence-electron chi connectivity index (χ4n) is 3.01. The van der Waals surface area contributed by atoms with Crippen molar-refractivity contribution in [2.24, 2.45) is 5.73 Å². The molecule has 1 fully saturated rings. The van der Waals surface area contributed by atoms with Crippen LogP contribution in [0.1, 0.15) is 43.2 Å². The lowest BCUT2D eigenvalue weighted by molar-refractivity contribution is -0.137. The van der Waals surface area contributed by atoms with Crippen molar-refractivity contribution in [1.82, 2.24) is 0 Å². The summed E-state index contributed by atoms with van der Waals surface area (Å²) in [5.74, 6) is 0.0410. The van der Waals surface area contributed by atoms with Crippen molar-refractivity contribution in [2.45, 2.75) is 43.7 Å². The maximum atomic E-state index is 12.8. The number of benzene rings is 1. The number of halogens is 4. The van der Waals surface area contributed by atoms with Crippen molar-refractivity contribution >= 4 is 18.2 Å². The third kappa shape index (κ3) is 3.45. The molecule has 0 aromatic heterocycles. The number of rotatable bonds is 3. The molecule has 0 spiro atoms. The van der Waals surface area contributed by atoms with E-state index in [1.807, 2.05) is 0 Å². The number of nitrogens with one attached hydrogen (secondary N) is 1. The smallest absolute Gasteiger partial charge is 0.388 e. The van der Waals surface area contributed by atoms with Crippen LogP contribution in [0.2, 0.25) is 0 Å². The Balaban J connectivity index is 0.00000200. The molecule has 0 unspecified atom stereocenters. The van der Waals surface area contributed by atoms with Gasteiger partial charge in [0, 0.05) is 11.8 Å². The van der Waals surface area contributed by atoms with Crippen LogP contribution in [-0.2, 0) is 11.6 Å². The van der Waals surface area contributed by atoms with Crippen LogP contribution in [0.4, 0.5) is 13.2 Å². The van der Waals surface area contributed by atoms with Gasteiger partial charge >= 0.3 is 6.18 Å². The largest absolute Gasteiger partial charge is 0.416 e. The molecule has 1 saturated carbocycles. The van der Waals surface area contributed by atoms with E-state index in [1.165, 1.54) is 12.1 Å². The highest BCUT2D eigenvalue weighted by Gasteiger charge is 2.38. The number of hydrogen-bond acceptors (Lipinski definition) is 1. The number of nitrogens with two attached hydrogens (primary N) is 1. The van der Waals surface area contributed by atoms with E-state index in [0.717, 1.165) is 31.7 Å². The van der Waals surface area contributed by atoms with Gasteiger partial charge in [-0.3, -0.25) is 5.41 Å². The Kier molecular flexibility index (Phi) is 5.08. The molecule has 112 valence electrons. The first-order valence-corrected chi connectivity index (χ1v) is 6.34. The Bertz CT molecular complexity index is 480. The van der Waals surface area contributed by atoms with Crippen LogP contribution in [0.3, 0.4) is 0 Å². The molecular weight excluding hydrogens is 289 g/mol. The molecule has 1 aromatic rings. The summed E-state index contributed by atoms with van der Waals surface area (Å²) in [4.78, 5) is 0. The fourth-order valence-corrected chi connectivity index (χ4v) is 3.01. The highest BCUT2D eigenvalue weighted by molar-refractivity contribution is 5.85. The first-order chi connectivity index (χ1) is 8.83. The van der Waals surface area contributed by atoms with Gasteiger partial charge in [-0.2, -0.15) is 13.2 Å². The quantitative estimate of drug-likeness (QED) is 0.636. The van der Waals surface area contributed by atoms with E-state index in [9.17, 15) is 13.2 Å². The summed E-state index contributed by atoms with van der Waals surface area (Å²) in [6.45, 7) is 0. The minimum Gasteiger partial charge on any atom is -0.388 e. The predicted octanol–water partition coefficient (Wildman–Crippen LogP) is 4.27. The summed E-state index contributed by atoms with van der Waals surface area (Å²) >= 11 is 0. The lowest BCUT2D eigenvalue weighted by atomic mass is 9.75. The summed E-state index contributed by atoms with van der Waals surface area (Å²) < 4.78 is 38.3. The van der Waals surface area contributed by atoms with Crippen LogP contribution in [0.15, 0.2) is 24.3 Å². The number of alkyl halides is 3. The van der Waals surface area contributed by atoms with Gasteiger partial charge in [0.15, 0.2) is 0 Å². The van der Waals surface area contributed by atoms with E-state index in [0.29, 0.717) is 12.0 Å². The minimum absolute atomic E-state index is 0. The van der Waals surface area contributed by atoms with Gasteiger partial charge in [-0.15, -0.1) is 12.4 Å². The van der Waals surface area contributed by atoms with Gasteiger partial charge < -0.3 is 5.73 Å². The third-order valence-electron chi connectivity index (χ3n) is 3.89. The lowest BCUT2D eigenvalue weighted by Crippen LogP contribution is -2.29.